The Morgan fingerprint density at radius 2 is 0.507 bits per heavy atom. The molecule has 0 aliphatic rings. The first-order valence-corrected chi connectivity index (χ1v) is 31.2. The summed E-state index contributed by atoms with van der Waals surface area (Å²) >= 11 is -0.667. The predicted molar refractivity (Wildman–Crippen MR) is 267 cm³/mol. The lowest BCUT2D eigenvalue weighted by Crippen LogP contribution is -3.61. The smallest absolute Gasteiger partial charge is 0.366 e. The monoisotopic (exact) mass is 1170 g/mol. The molecule has 0 atom stereocenters. The van der Waals surface area contributed by atoms with Crippen LogP contribution in [0.25, 0.3) is 0 Å². The van der Waals surface area contributed by atoms with E-state index in [4.69, 9.17) is 36.5 Å². The van der Waals surface area contributed by atoms with Crippen LogP contribution in [0, 0.1) is 14.3 Å². The largest absolute Gasteiger partial charge is 0.759 e. The highest BCUT2D eigenvalue weighted by Gasteiger charge is 2.26. The molecule has 0 radical (unpaired) electrons. The Bertz CT molecular complexity index is 1640. The van der Waals surface area contributed by atoms with Gasteiger partial charge in [0.2, 0.25) is 14.3 Å². The minimum absolute atomic E-state index is 0.334. The number of rotatable bonds is 36. The number of unbranched alkanes of at least 4 members (excludes halogenated alkanes) is 20. The van der Waals surface area contributed by atoms with Gasteiger partial charge >= 0.3 is 42.4 Å². The fourth-order valence-electron chi connectivity index (χ4n) is 7.04. The molecule has 67 heavy (non-hydrogen) atoms. The van der Waals surface area contributed by atoms with E-state index in [2.05, 4.69) is 125 Å². The van der Waals surface area contributed by atoms with E-state index in [1.165, 1.54) is 143 Å². The molecule has 0 heterocycles. The van der Waals surface area contributed by atoms with E-state index in [1.54, 1.807) is 0 Å². The van der Waals surface area contributed by atoms with Crippen molar-refractivity contribution in [2.75, 3.05) is 26.4 Å². The number of para-hydroxylation sites is 4. The normalized spacial score (nSPS) is 11.0. The molecule has 0 unspecified atom stereocenters. The highest BCUT2D eigenvalue weighted by atomic mass is 127. The van der Waals surface area contributed by atoms with Crippen LogP contribution in [0.4, 0.5) is 0 Å². The Morgan fingerprint density at radius 3 is 0.716 bits per heavy atom. The van der Waals surface area contributed by atoms with E-state index < -0.39 is 10.4 Å². The summed E-state index contributed by atoms with van der Waals surface area (Å²) in [5, 5.41) is 0. The number of benzene rings is 4. The zero-order valence-electron chi connectivity index (χ0n) is 41.5. The van der Waals surface area contributed by atoms with Gasteiger partial charge in [0.15, 0.2) is 23.0 Å². The summed E-state index contributed by atoms with van der Waals surface area (Å²) in [6.07, 6.45) is 31.0. The van der Waals surface area contributed by atoms with E-state index in [0.717, 1.165) is 75.1 Å². The Morgan fingerprint density at radius 1 is 0.328 bits per heavy atom. The van der Waals surface area contributed by atoms with Gasteiger partial charge in [0.25, 0.3) is 0 Å². The van der Waals surface area contributed by atoms with Crippen molar-refractivity contribution in [2.45, 2.75) is 182 Å². The topological polar surface area (TPSA) is 117 Å². The first kappa shape index (κ1) is 60.5. The molecular weight excluding hydrogens is 1090 g/mol. The van der Waals surface area contributed by atoms with Crippen molar-refractivity contribution in [3.8, 4) is 23.0 Å². The molecule has 0 fully saturated rings. The molecule has 4 aromatic carbocycles. The lowest BCUT2D eigenvalue weighted by atomic mass is 10.1. The molecule has 8 nitrogen and oxygen atoms in total. The first-order chi connectivity index (χ1) is 32.7. The molecule has 0 aliphatic heterocycles. The summed E-state index contributed by atoms with van der Waals surface area (Å²) in [7, 11) is -5.17. The molecule has 0 saturated carbocycles. The quantitative estimate of drug-likeness (QED) is 0.0192. The molecule has 4 aromatic rings. The van der Waals surface area contributed by atoms with Crippen LogP contribution in [0.3, 0.4) is 0 Å². The van der Waals surface area contributed by atoms with Crippen molar-refractivity contribution in [2.24, 2.45) is 0 Å². The maximum atomic E-state index is 8.52. The fourth-order valence-corrected chi connectivity index (χ4v) is 12.2. The number of hydrogen-bond acceptors (Lipinski definition) is 8. The minimum atomic E-state index is -5.17. The third-order valence-corrected chi connectivity index (χ3v) is 16.7. The second-order valence-corrected chi connectivity index (χ2v) is 23.3. The summed E-state index contributed by atoms with van der Waals surface area (Å²) in [5.74, 6) is 4.26. The number of hydrogen-bond donors (Lipinski definition) is 0. The van der Waals surface area contributed by atoms with Crippen molar-refractivity contribution >= 4 is 10.4 Å². The van der Waals surface area contributed by atoms with E-state index in [-0.39, 0.29) is 42.4 Å². The van der Waals surface area contributed by atoms with Crippen molar-refractivity contribution in [3.63, 3.8) is 0 Å². The third-order valence-electron chi connectivity index (χ3n) is 10.8. The second-order valence-electron chi connectivity index (χ2n) is 16.8. The first-order valence-electron chi connectivity index (χ1n) is 25.5. The Labute approximate surface area is 428 Å². The lowest BCUT2D eigenvalue weighted by Gasteiger charge is -2.07. The van der Waals surface area contributed by atoms with Crippen LogP contribution in [-0.4, -0.2) is 44.0 Å². The van der Waals surface area contributed by atoms with E-state index in [9.17, 15) is 0 Å². The molecule has 0 aromatic heterocycles. The Balaban J connectivity index is 0.000000418. The molecule has 376 valence electrons. The average molecular weight is 1170 g/mol. The van der Waals surface area contributed by atoms with Crippen molar-refractivity contribution in [3.05, 3.63) is 111 Å². The molecule has 0 aliphatic carbocycles. The summed E-state index contributed by atoms with van der Waals surface area (Å²) in [6, 6.07) is 34.3. The molecule has 4 rings (SSSR count). The van der Waals surface area contributed by atoms with Gasteiger partial charge in [-0.25, -0.2) is 0 Å². The van der Waals surface area contributed by atoms with E-state index in [1.807, 2.05) is 0 Å². The molecule has 11 heteroatoms. The lowest BCUT2D eigenvalue weighted by molar-refractivity contribution is -0.599. The average Bonchev–Trinajstić information content (AvgIpc) is 3.32. The van der Waals surface area contributed by atoms with Crippen molar-refractivity contribution in [1.29, 1.82) is 0 Å². The Hall–Kier alpha value is -2.59. The van der Waals surface area contributed by atoms with Crippen LogP contribution in [0.15, 0.2) is 97.1 Å². The van der Waals surface area contributed by atoms with Gasteiger partial charge in [-0.3, -0.25) is 8.42 Å². The SMILES string of the molecule is CCCCCCCCOc1ccccc1[I+]c1ccccc1OCCCCCCCC.CCCCCCCCOc1ccccc1[I+]c1ccccc1OCCCCCCCC.O=S(=O)([O-])[O-]. The Kier molecular flexibility index (Phi) is 37.2. The van der Waals surface area contributed by atoms with Gasteiger partial charge in [-0.15, -0.1) is 0 Å². The van der Waals surface area contributed by atoms with Crippen LogP contribution in [0.5, 0.6) is 23.0 Å². The fraction of sp³-hybridized carbons (Fsp3) is 0.571. The van der Waals surface area contributed by atoms with Crippen molar-refractivity contribution < 1.29 is 78.9 Å². The van der Waals surface area contributed by atoms with Gasteiger partial charge in [0.05, 0.1) is 26.4 Å². The molecular formula is C56H84I2O8S. The standard InChI is InChI=1S/2C28H42IO2.H2O4S/c2*1-3-5-7-9-11-17-23-30-27-21-15-13-19-25(27)29-26-20-14-16-22-28(26)31-24-18-12-10-8-6-4-2;1-5(2,3)4/h2*13-16,19-22H,3-12,17-18,23-24H2,1-2H3;(H2,1,2,3,4)/q2*+1;/p-2. The van der Waals surface area contributed by atoms with Crippen molar-refractivity contribution in [1.82, 2.24) is 0 Å². The van der Waals surface area contributed by atoms with Gasteiger partial charge in [-0.1, -0.05) is 205 Å². The van der Waals surface area contributed by atoms with E-state index in [0.29, 0.717) is 0 Å². The van der Waals surface area contributed by atoms with E-state index >= 15 is 0 Å². The van der Waals surface area contributed by atoms with Gasteiger partial charge in [0.1, 0.15) is 0 Å². The summed E-state index contributed by atoms with van der Waals surface area (Å²) in [4.78, 5) is 0. The number of ether oxygens (including phenoxy) is 4. The predicted octanol–water partition coefficient (Wildman–Crippen LogP) is 9.25. The highest BCUT2D eigenvalue weighted by molar-refractivity contribution is 7.79. The van der Waals surface area contributed by atoms with Gasteiger partial charge in [-0.2, -0.15) is 0 Å². The summed E-state index contributed by atoms with van der Waals surface area (Å²) in [6.45, 7) is 12.3. The van der Waals surface area contributed by atoms with Crippen LogP contribution < -0.4 is 61.4 Å². The highest BCUT2D eigenvalue weighted by Crippen LogP contribution is 2.16. The maximum absolute atomic E-state index is 8.52. The van der Waals surface area contributed by atoms with Gasteiger partial charge in [0, 0.05) is 10.4 Å². The molecule has 0 N–H and O–H groups in total. The minimum Gasteiger partial charge on any atom is -0.759 e. The number of halogens is 2. The summed E-state index contributed by atoms with van der Waals surface area (Å²) in [5.41, 5.74) is 0. The van der Waals surface area contributed by atoms with Crippen LogP contribution in [0.2, 0.25) is 0 Å². The van der Waals surface area contributed by atoms with Crippen LogP contribution in [-0.2, 0) is 10.4 Å². The van der Waals surface area contributed by atoms with Gasteiger partial charge < -0.3 is 28.1 Å². The summed E-state index contributed by atoms with van der Waals surface area (Å²) < 4.78 is 64.2. The second kappa shape index (κ2) is 41.2. The van der Waals surface area contributed by atoms with Gasteiger partial charge in [-0.05, 0) is 74.2 Å². The zero-order valence-corrected chi connectivity index (χ0v) is 46.6. The third kappa shape index (κ3) is 32.8. The van der Waals surface area contributed by atoms with Crippen LogP contribution >= 0.6 is 0 Å². The molecule has 0 bridgehead atoms. The maximum Gasteiger partial charge on any atom is 0.366 e. The van der Waals surface area contributed by atoms with Crippen LogP contribution in [0.1, 0.15) is 182 Å². The molecule has 0 saturated heterocycles. The molecule has 0 amide bonds. The molecule has 0 spiro atoms. The zero-order chi connectivity index (χ0) is 48.5.